The molecule has 0 aromatic heterocycles. The molecule has 0 spiro atoms. The predicted molar refractivity (Wildman–Crippen MR) is 114 cm³/mol. The third kappa shape index (κ3) is 5.22. The first-order valence-electron chi connectivity index (χ1n) is 9.33. The normalized spacial score (nSPS) is 12.0. The maximum atomic E-state index is 12.7. The Labute approximate surface area is 171 Å². The number of ether oxygens (including phenoxy) is 1. The van der Waals surface area contributed by atoms with E-state index < -0.39 is 0 Å². The Morgan fingerprint density at radius 1 is 0.893 bits per heavy atom. The zero-order chi connectivity index (χ0) is 19.8. The van der Waals surface area contributed by atoms with E-state index in [0.29, 0.717) is 18.0 Å². The van der Waals surface area contributed by atoms with Gasteiger partial charge in [-0.15, -0.1) is 0 Å². The Bertz CT molecular complexity index is 844. The molecule has 0 saturated heterocycles. The molecule has 0 heterocycles. The molecule has 3 rings (SSSR count). The minimum atomic E-state index is -0.287. The second kappa shape index (κ2) is 10.1. The topological polar surface area (TPSA) is 38.3 Å². The number of carbonyl (C=O) groups excluding carboxylic acids is 1. The molecule has 0 radical (unpaired) electrons. The summed E-state index contributed by atoms with van der Waals surface area (Å²) in [5.41, 5.74) is 3.12. The number of rotatable bonds is 8. The Morgan fingerprint density at radius 2 is 1.43 bits per heavy atom. The molecule has 0 saturated carbocycles. The number of amides is 1. The van der Waals surface area contributed by atoms with Crippen LogP contribution in [0.1, 0.15) is 35.1 Å². The van der Waals surface area contributed by atoms with E-state index in [2.05, 4.69) is 29.6 Å². The third-order valence-corrected chi connectivity index (χ3v) is 5.16. The highest BCUT2D eigenvalue weighted by Gasteiger charge is 2.20. The maximum Gasteiger partial charge on any atom is 0.221 e. The van der Waals surface area contributed by atoms with Crippen molar-refractivity contribution in [2.75, 3.05) is 13.7 Å². The van der Waals surface area contributed by atoms with Crippen LogP contribution in [-0.4, -0.2) is 19.6 Å². The second-order valence-corrected chi connectivity index (χ2v) is 7.04. The minimum absolute atomic E-state index is 0.00343. The number of nitrogens with one attached hydrogen (secondary N) is 1. The number of hydrogen-bond acceptors (Lipinski definition) is 2. The summed E-state index contributed by atoms with van der Waals surface area (Å²) in [6.45, 7) is 0.370. The van der Waals surface area contributed by atoms with Crippen LogP contribution in [0.5, 0.6) is 0 Å². The van der Waals surface area contributed by atoms with Gasteiger partial charge in [-0.3, -0.25) is 4.79 Å². The molecule has 4 heteroatoms. The van der Waals surface area contributed by atoms with Crippen molar-refractivity contribution in [3.63, 3.8) is 0 Å². The van der Waals surface area contributed by atoms with Crippen molar-refractivity contribution < 1.29 is 9.53 Å². The van der Waals surface area contributed by atoms with Crippen LogP contribution >= 0.6 is 11.6 Å². The van der Waals surface area contributed by atoms with Crippen LogP contribution in [0.15, 0.2) is 84.9 Å². The van der Waals surface area contributed by atoms with Crippen LogP contribution in [0.25, 0.3) is 0 Å². The smallest absolute Gasteiger partial charge is 0.221 e. The van der Waals surface area contributed by atoms with Crippen LogP contribution in [0, 0.1) is 0 Å². The molecule has 144 valence electrons. The van der Waals surface area contributed by atoms with Crippen LogP contribution in [-0.2, 0) is 9.53 Å². The minimum Gasteiger partial charge on any atom is -0.375 e. The Kier molecular flexibility index (Phi) is 7.24. The van der Waals surface area contributed by atoms with E-state index in [1.807, 2.05) is 60.7 Å². The molecule has 1 N–H and O–H groups in total. The Morgan fingerprint density at radius 3 is 1.96 bits per heavy atom. The van der Waals surface area contributed by atoms with Crippen LogP contribution < -0.4 is 5.32 Å². The summed E-state index contributed by atoms with van der Waals surface area (Å²) in [4.78, 5) is 12.7. The average Bonchev–Trinajstić information content (AvgIpc) is 2.75. The number of halogens is 1. The molecule has 1 unspecified atom stereocenters. The fourth-order valence-electron chi connectivity index (χ4n) is 3.32. The SMILES string of the molecule is COC(CNC(=O)CC(c1ccccc1)c1ccccc1)c1ccccc1Cl. The molecule has 3 aromatic carbocycles. The largest absolute Gasteiger partial charge is 0.375 e. The summed E-state index contributed by atoms with van der Waals surface area (Å²) < 4.78 is 5.54. The van der Waals surface area contributed by atoms with E-state index in [9.17, 15) is 4.79 Å². The maximum absolute atomic E-state index is 12.7. The first-order valence-corrected chi connectivity index (χ1v) is 9.70. The molecule has 0 aliphatic carbocycles. The number of methoxy groups -OCH3 is 1. The molecule has 0 aliphatic heterocycles. The lowest BCUT2D eigenvalue weighted by molar-refractivity contribution is -0.121. The molecule has 0 bridgehead atoms. The summed E-state index contributed by atoms with van der Waals surface area (Å²) in [5.74, 6) is -0.0180. The zero-order valence-electron chi connectivity index (χ0n) is 15.8. The zero-order valence-corrected chi connectivity index (χ0v) is 16.6. The van der Waals surface area contributed by atoms with E-state index in [1.165, 1.54) is 0 Å². The standard InChI is InChI=1S/C24H24ClNO2/c1-28-23(20-14-8-9-15-22(20)25)17-26-24(27)16-21(18-10-4-2-5-11-18)19-12-6-3-7-13-19/h2-15,21,23H,16-17H2,1H3,(H,26,27). The van der Waals surface area contributed by atoms with Gasteiger partial charge in [-0.25, -0.2) is 0 Å². The fraction of sp³-hybridized carbons (Fsp3) is 0.208. The van der Waals surface area contributed by atoms with E-state index in [1.54, 1.807) is 7.11 Å². The van der Waals surface area contributed by atoms with Crippen molar-refractivity contribution in [1.82, 2.24) is 5.32 Å². The van der Waals surface area contributed by atoms with E-state index in [4.69, 9.17) is 16.3 Å². The summed E-state index contributed by atoms with van der Waals surface area (Å²) in [7, 11) is 1.62. The van der Waals surface area contributed by atoms with E-state index >= 15 is 0 Å². The third-order valence-electron chi connectivity index (χ3n) is 4.81. The van der Waals surface area contributed by atoms with Crippen molar-refractivity contribution in [3.05, 3.63) is 107 Å². The van der Waals surface area contributed by atoms with Crippen molar-refractivity contribution in [2.24, 2.45) is 0 Å². The van der Waals surface area contributed by atoms with Crippen molar-refractivity contribution >= 4 is 17.5 Å². The first kappa shape index (κ1) is 20.1. The molecular weight excluding hydrogens is 370 g/mol. The molecule has 1 atom stereocenters. The van der Waals surface area contributed by atoms with Gasteiger partial charge < -0.3 is 10.1 Å². The van der Waals surface area contributed by atoms with E-state index in [-0.39, 0.29) is 17.9 Å². The Hall–Kier alpha value is -2.62. The molecule has 3 aromatic rings. The van der Waals surface area contributed by atoms with Crippen LogP contribution in [0.2, 0.25) is 5.02 Å². The van der Waals surface area contributed by atoms with Crippen LogP contribution in [0.4, 0.5) is 0 Å². The summed E-state index contributed by atoms with van der Waals surface area (Å²) in [6, 6.07) is 27.8. The van der Waals surface area contributed by atoms with Gasteiger partial charge in [0.15, 0.2) is 0 Å². The summed E-state index contributed by atoms with van der Waals surface area (Å²) >= 11 is 6.26. The van der Waals surface area contributed by atoms with Crippen molar-refractivity contribution in [2.45, 2.75) is 18.4 Å². The van der Waals surface area contributed by atoms with Crippen LogP contribution in [0.3, 0.4) is 0 Å². The van der Waals surface area contributed by atoms with Gasteiger partial charge in [0.25, 0.3) is 0 Å². The Balaban J connectivity index is 1.70. The summed E-state index contributed by atoms with van der Waals surface area (Å²) in [5, 5.41) is 3.64. The monoisotopic (exact) mass is 393 g/mol. The highest BCUT2D eigenvalue weighted by atomic mass is 35.5. The van der Waals surface area contributed by atoms with Crippen molar-refractivity contribution in [3.8, 4) is 0 Å². The molecule has 28 heavy (non-hydrogen) atoms. The van der Waals surface area contributed by atoms with Gasteiger partial charge in [-0.05, 0) is 17.2 Å². The van der Waals surface area contributed by atoms with Gasteiger partial charge in [0.05, 0.1) is 0 Å². The molecule has 1 amide bonds. The van der Waals surface area contributed by atoms with Gasteiger partial charge in [-0.2, -0.15) is 0 Å². The van der Waals surface area contributed by atoms with E-state index in [0.717, 1.165) is 16.7 Å². The van der Waals surface area contributed by atoms with Gasteiger partial charge in [0.2, 0.25) is 5.91 Å². The summed E-state index contributed by atoms with van der Waals surface area (Å²) in [6.07, 6.45) is 0.0806. The lowest BCUT2D eigenvalue weighted by atomic mass is 9.88. The van der Waals surface area contributed by atoms with Crippen molar-refractivity contribution in [1.29, 1.82) is 0 Å². The average molecular weight is 394 g/mol. The fourth-order valence-corrected chi connectivity index (χ4v) is 3.58. The number of hydrogen-bond donors (Lipinski definition) is 1. The second-order valence-electron chi connectivity index (χ2n) is 6.63. The lowest BCUT2D eigenvalue weighted by Crippen LogP contribution is -2.30. The molecule has 0 aliphatic rings. The molecule has 0 fully saturated rings. The lowest BCUT2D eigenvalue weighted by Gasteiger charge is -2.20. The number of carbonyl (C=O) groups is 1. The van der Waals surface area contributed by atoms with Gasteiger partial charge in [0.1, 0.15) is 6.10 Å². The highest BCUT2D eigenvalue weighted by molar-refractivity contribution is 6.31. The number of benzene rings is 3. The van der Waals surface area contributed by atoms with Gasteiger partial charge in [-0.1, -0.05) is 90.5 Å². The van der Waals surface area contributed by atoms with Gasteiger partial charge >= 0.3 is 0 Å². The first-order chi connectivity index (χ1) is 13.7. The highest BCUT2D eigenvalue weighted by Crippen LogP contribution is 2.28. The molecular formula is C24H24ClNO2. The predicted octanol–water partition coefficient (Wildman–Crippen LogP) is 5.37. The quantitative estimate of drug-likeness (QED) is 0.559. The van der Waals surface area contributed by atoms with Gasteiger partial charge in [0, 0.05) is 36.6 Å². The molecule has 3 nitrogen and oxygen atoms in total.